The van der Waals surface area contributed by atoms with Crippen molar-refractivity contribution in [1.29, 1.82) is 0 Å². The second-order valence-electron chi connectivity index (χ2n) is 12.7. The number of carbonyl (C=O) groups is 1. The fraction of sp³-hybridized carbons (Fsp3) is 0.412. The highest BCUT2D eigenvalue weighted by Crippen LogP contribution is 2.59. The van der Waals surface area contributed by atoms with Crippen LogP contribution in [0, 0.1) is 5.92 Å². The summed E-state index contributed by atoms with van der Waals surface area (Å²) in [7, 11) is 2.60. The summed E-state index contributed by atoms with van der Waals surface area (Å²) >= 11 is 0. The van der Waals surface area contributed by atoms with E-state index in [0.717, 1.165) is 22.7 Å². The lowest BCUT2D eigenvalue weighted by Gasteiger charge is -2.37. The van der Waals surface area contributed by atoms with Gasteiger partial charge in [0.05, 0.1) is 39.8 Å². The maximum atomic E-state index is 14.5. The van der Waals surface area contributed by atoms with Gasteiger partial charge in [-0.25, -0.2) is 0 Å². The Hall–Kier alpha value is -4.26. The van der Waals surface area contributed by atoms with E-state index in [-0.39, 0.29) is 41.4 Å². The van der Waals surface area contributed by atoms with E-state index in [4.69, 9.17) is 14.2 Å². The molecule has 1 fully saturated rings. The molecular formula is C34H41N5O6Si. The Labute approximate surface area is 269 Å². The molecule has 1 N–H and O–H groups in total. The molecule has 0 unspecified atom stereocenters. The Morgan fingerprint density at radius 2 is 1.83 bits per heavy atom. The molecule has 2 aliphatic heterocycles. The highest BCUT2D eigenvalue weighted by molar-refractivity contribution is 6.91. The molecule has 12 heteroatoms. The molecule has 242 valence electrons. The Balaban J connectivity index is 1.45. The van der Waals surface area contributed by atoms with Crippen molar-refractivity contribution in [3.8, 4) is 17.2 Å². The number of hydrogen-bond donors (Lipinski definition) is 1. The van der Waals surface area contributed by atoms with Gasteiger partial charge in [-0.15, -0.1) is 5.10 Å². The van der Waals surface area contributed by atoms with Crippen LogP contribution in [0.3, 0.4) is 0 Å². The smallest absolute Gasteiger partial charge is 0.297 e. The fourth-order valence-electron chi connectivity index (χ4n) is 7.60. The van der Waals surface area contributed by atoms with Crippen LogP contribution in [0.5, 0.6) is 11.5 Å². The van der Waals surface area contributed by atoms with Crippen LogP contribution in [0.1, 0.15) is 24.6 Å². The van der Waals surface area contributed by atoms with Crippen LogP contribution < -0.4 is 25.1 Å². The molecule has 0 bridgehead atoms. The van der Waals surface area contributed by atoms with Gasteiger partial charge in [0.1, 0.15) is 5.75 Å². The number of anilines is 1. The van der Waals surface area contributed by atoms with Crippen molar-refractivity contribution in [2.75, 3.05) is 32.8 Å². The van der Waals surface area contributed by atoms with Crippen molar-refractivity contribution < 1.29 is 24.1 Å². The Morgan fingerprint density at radius 1 is 1.07 bits per heavy atom. The molecule has 1 spiro atoms. The lowest BCUT2D eigenvalue weighted by Crippen LogP contribution is -2.51. The van der Waals surface area contributed by atoms with Crippen molar-refractivity contribution in [2.24, 2.45) is 5.92 Å². The summed E-state index contributed by atoms with van der Waals surface area (Å²) in [6.07, 6.45) is 4.35. The molecule has 1 amide bonds. The van der Waals surface area contributed by atoms with Gasteiger partial charge in [0.2, 0.25) is 0 Å². The first-order valence-electron chi connectivity index (χ1n) is 15.6. The van der Waals surface area contributed by atoms with Gasteiger partial charge < -0.3 is 24.2 Å². The molecule has 0 saturated carbocycles. The van der Waals surface area contributed by atoms with Crippen LogP contribution in [0.4, 0.5) is 5.69 Å². The highest BCUT2D eigenvalue weighted by atomic mass is 28.3. The van der Waals surface area contributed by atoms with E-state index < -0.39 is 13.7 Å². The molecule has 4 atom stereocenters. The predicted molar refractivity (Wildman–Crippen MR) is 177 cm³/mol. The number of aromatic nitrogens is 4. The van der Waals surface area contributed by atoms with E-state index in [2.05, 4.69) is 42.5 Å². The van der Waals surface area contributed by atoms with Gasteiger partial charge in [0, 0.05) is 56.2 Å². The van der Waals surface area contributed by atoms with Crippen molar-refractivity contribution in [2.45, 2.75) is 56.7 Å². The number of hydrogen-bond acceptors (Lipinski definition) is 8. The van der Waals surface area contributed by atoms with E-state index in [0.29, 0.717) is 25.1 Å². The van der Waals surface area contributed by atoms with Gasteiger partial charge in [0.15, 0.2) is 11.4 Å². The standard InChI is InChI=1S/C34H41N5O6Si/c1-22-31(46(5,6)26-12-10-25(43-3)11-13-26)29(15-18-38-21-23(16-19-40)35-36-38)45-34(22)27-20-24(9-14-28(27)37(2)33(34)42)39-17-7-8-30(44-4)32(39)41/h7-14,17,20-22,29,31,40H,15-16,18-19H2,1-6H3/t22-,29+,31-,34+/m1/s1. The Morgan fingerprint density at radius 3 is 2.52 bits per heavy atom. The number of benzene rings is 2. The number of aryl methyl sites for hydroxylation is 1. The second-order valence-corrected chi connectivity index (χ2v) is 17.4. The zero-order valence-electron chi connectivity index (χ0n) is 27.1. The zero-order chi connectivity index (χ0) is 32.8. The van der Waals surface area contributed by atoms with E-state index in [1.807, 2.05) is 36.5 Å². The topological polar surface area (TPSA) is 121 Å². The highest BCUT2D eigenvalue weighted by Gasteiger charge is 2.65. The summed E-state index contributed by atoms with van der Waals surface area (Å²) in [5, 5.41) is 19.1. The third-order valence-electron chi connectivity index (χ3n) is 9.96. The molecule has 2 aromatic heterocycles. The minimum Gasteiger partial charge on any atom is -0.497 e. The maximum absolute atomic E-state index is 14.5. The number of pyridine rings is 1. The summed E-state index contributed by atoms with van der Waals surface area (Å²) < 4.78 is 21.2. The molecule has 11 nitrogen and oxygen atoms in total. The van der Waals surface area contributed by atoms with Gasteiger partial charge in [-0.05, 0) is 54.4 Å². The number of nitrogens with zero attached hydrogens (tertiary/aromatic N) is 5. The molecular weight excluding hydrogens is 602 g/mol. The minimum absolute atomic E-state index is 0.00704. The summed E-state index contributed by atoms with van der Waals surface area (Å²) in [6.45, 7) is 7.38. The van der Waals surface area contributed by atoms with Gasteiger partial charge in [0.25, 0.3) is 11.5 Å². The van der Waals surface area contributed by atoms with Crippen molar-refractivity contribution >= 4 is 24.9 Å². The third-order valence-corrected chi connectivity index (χ3v) is 14.3. The first kappa shape index (κ1) is 31.7. The average Bonchev–Trinajstić information content (AvgIpc) is 3.70. The minimum atomic E-state index is -2.32. The van der Waals surface area contributed by atoms with Crippen LogP contribution >= 0.6 is 0 Å². The van der Waals surface area contributed by atoms with Crippen molar-refractivity contribution in [3.05, 3.63) is 88.6 Å². The van der Waals surface area contributed by atoms with Crippen molar-refractivity contribution in [1.82, 2.24) is 19.6 Å². The van der Waals surface area contributed by atoms with Crippen LogP contribution in [0.25, 0.3) is 5.69 Å². The van der Waals surface area contributed by atoms with E-state index >= 15 is 0 Å². The number of methoxy groups -OCH3 is 2. The van der Waals surface area contributed by atoms with Crippen LogP contribution in [0.2, 0.25) is 18.6 Å². The summed E-state index contributed by atoms with van der Waals surface area (Å²) in [5.41, 5.74) is 1.42. The third kappa shape index (κ3) is 5.04. The molecule has 0 radical (unpaired) electrons. The normalized spacial score (nSPS) is 22.5. The summed E-state index contributed by atoms with van der Waals surface area (Å²) in [5.74, 6) is 0.738. The quantitative estimate of drug-likeness (QED) is 0.262. The number of fused-ring (bicyclic) bond motifs is 2. The summed E-state index contributed by atoms with van der Waals surface area (Å²) in [4.78, 5) is 29.3. The largest absolute Gasteiger partial charge is 0.497 e. The Bertz CT molecular complexity index is 1800. The maximum Gasteiger partial charge on any atom is 0.297 e. The molecule has 2 aromatic carbocycles. The number of carbonyl (C=O) groups excluding carboxylic acids is 1. The molecule has 4 aromatic rings. The van der Waals surface area contributed by atoms with E-state index in [1.165, 1.54) is 16.9 Å². The second kappa shape index (κ2) is 12.2. The predicted octanol–water partition coefficient (Wildman–Crippen LogP) is 3.26. The zero-order valence-corrected chi connectivity index (χ0v) is 28.1. The monoisotopic (exact) mass is 643 g/mol. The molecule has 2 aliphatic rings. The van der Waals surface area contributed by atoms with Gasteiger partial charge >= 0.3 is 0 Å². The first-order valence-corrected chi connectivity index (χ1v) is 18.7. The van der Waals surface area contributed by atoms with Crippen LogP contribution in [0.15, 0.2) is 71.8 Å². The van der Waals surface area contributed by atoms with Crippen molar-refractivity contribution in [3.63, 3.8) is 0 Å². The number of ether oxygens (including phenoxy) is 3. The number of likely N-dealkylation sites (N-methyl/N-ethyl adjacent to an activating group) is 1. The van der Waals surface area contributed by atoms with Crippen LogP contribution in [-0.2, 0) is 28.1 Å². The molecule has 0 aliphatic carbocycles. The average molecular weight is 644 g/mol. The number of aliphatic hydroxyl groups excluding tert-OH is 1. The summed E-state index contributed by atoms with van der Waals surface area (Å²) in [6, 6.07) is 17.3. The number of aliphatic hydroxyl groups is 1. The number of rotatable bonds is 10. The number of amides is 1. The van der Waals surface area contributed by atoms with Gasteiger partial charge in [-0.3, -0.25) is 18.8 Å². The van der Waals surface area contributed by atoms with Crippen LogP contribution in [-0.4, -0.2) is 72.6 Å². The fourth-order valence-corrected chi connectivity index (χ4v) is 11.7. The molecule has 6 rings (SSSR count). The van der Waals surface area contributed by atoms with E-state index in [9.17, 15) is 14.7 Å². The van der Waals surface area contributed by atoms with Gasteiger partial charge in [-0.1, -0.05) is 42.6 Å². The van der Waals surface area contributed by atoms with E-state index in [1.54, 1.807) is 42.1 Å². The molecule has 46 heavy (non-hydrogen) atoms. The molecule has 4 heterocycles. The Kier molecular flexibility index (Phi) is 8.38. The molecule has 1 saturated heterocycles. The van der Waals surface area contributed by atoms with Gasteiger partial charge in [-0.2, -0.15) is 0 Å². The first-order chi connectivity index (χ1) is 22.1. The lowest BCUT2D eigenvalue weighted by atomic mass is 9.82. The lowest BCUT2D eigenvalue weighted by molar-refractivity contribution is -0.145. The SMILES string of the molecule is COc1ccc([Si](C)(C)[C@H]2[C@H](CCn3cc(CCO)nn3)O[C@@]3(C(=O)N(C)c4ccc(-n5cccc(OC)c5=O)cc43)[C@@H]2C)cc1.